The summed E-state index contributed by atoms with van der Waals surface area (Å²) >= 11 is 0. The summed E-state index contributed by atoms with van der Waals surface area (Å²) in [6.07, 6.45) is 0. The van der Waals surface area contributed by atoms with Gasteiger partial charge in [-0.1, -0.05) is 17.7 Å². The molecule has 0 fully saturated rings. The number of amides is 1. The van der Waals surface area contributed by atoms with Gasteiger partial charge in [-0.05, 0) is 26.0 Å². The van der Waals surface area contributed by atoms with Crippen LogP contribution in [0.5, 0.6) is 0 Å². The number of ketones is 1. The molecule has 1 N–H and O–H groups in total. The number of hydrogen-bond donors (Lipinski definition) is 1. The summed E-state index contributed by atoms with van der Waals surface area (Å²) in [5.74, 6) is -1.23. The molecule has 0 aromatic heterocycles. The summed E-state index contributed by atoms with van der Waals surface area (Å²) in [6.45, 7) is 2.72. The predicted molar refractivity (Wildman–Crippen MR) is 65.2 cm³/mol. The normalized spacial score (nSPS) is 9.67. The second kappa shape index (κ2) is 6.54. The minimum Gasteiger partial charge on any atom is -0.456 e. The minimum atomic E-state index is -0.634. The van der Waals surface area contributed by atoms with Gasteiger partial charge >= 0.3 is 5.97 Å². The van der Waals surface area contributed by atoms with E-state index in [1.54, 1.807) is 12.1 Å². The van der Waals surface area contributed by atoms with Crippen molar-refractivity contribution < 1.29 is 19.1 Å². The molecule has 0 aliphatic rings. The van der Waals surface area contributed by atoms with E-state index in [9.17, 15) is 14.4 Å². The zero-order valence-corrected chi connectivity index (χ0v) is 10.4. The Balaban J connectivity index is 2.39. The molecular weight excluding hydrogens is 234 g/mol. The van der Waals surface area contributed by atoms with E-state index >= 15 is 0 Å². The van der Waals surface area contributed by atoms with Crippen LogP contribution < -0.4 is 5.32 Å². The minimum absolute atomic E-state index is 0.242. The molecule has 0 saturated carbocycles. The first-order chi connectivity index (χ1) is 8.49. The third-order valence-electron chi connectivity index (χ3n) is 2.14. The average molecular weight is 249 g/mol. The molecule has 0 saturated heterocycles. The molecule has 1 amide bonds. The topological polar surface area (TPSA) is 72.5 Å². The second-order valence-corrected chi connectivity index (χ2v) is 3.91. The van der Waals surface area contributed by atoms with Gasteiger partial charge in [0, 0.05) is 5.56 Å². The van der Waals surface area contributed by atoms with E-state index in [0.29, 0.717) is 5.56 Å². The van der Waals surface area contributed by atoms with Crippen LogP contribution in [0, 0.1) is 6.92 Å². The molecule has 1 aromatic carbocycles. The number of hydrogen-bond acceptors (Lipinski definition) is 4. The Morgan fingerprint density at radius 1 is 1.17 bits per heavy atom. The number of carbonyl (C=O) groups excluding carboxylic acids is 3. The van der Waals surface area contributed by atoms with Crippen LogP contribution in [0.25, 0.3) is 0 Å². The first-order valence-corrected chi connectivity index (χ1v) is 5.49. The number of benzene rings is 1. The molecule has 5 nitrogen and oxygen atoms in total. The van der Waals surface area contributed by atoms with Crippen LogP contribution in [0.2, 0.25) is 0 Å². The first-order valence-electron chi connectivity index (χ1n) is 5.49. The highest BCUT2D eigenvalue weighted by molar-refractivity contribution is 5.96. The summed E-state index contributed by atoms with van der Waals surface area (Å²) in [7, 11) is 0. The van der Waals surface area contributed by atoms with Gasteiger partial charge < -0.3 is 10.1 Å². The zero-order chi connectivity index (χ0) is 13.5. The van der Waals surface area contributed by atoms with Crippen LogP contribution in [-0.2, 0) is 14.3 Å². The highest BCUT2D eigenvalue weighted by Gasteiger charge is 2.09. The smallest absolute Gasteiger partial charge is 0.325 e. The molecule has 0 atom stereocenters. The third kappa shape index (κ3) is 4.78. The van der Waals surface area contributed by atoms with Crippen molar-refractivity contribution in [3.05, 3.63) is 35.4 Å². The Hall–Kier alpha value is -2.17. The molecule has 1 aromatic rings. The highest BCUT2D eigenvalue weighted by Crippen LogP contribution is 2.02. The number of carbonyl (C=O) groups is 3. The molecule has 18 heavy (non-hydrogen) atoms. The lowest BCUT2D eigenvalue weighted by atomic mass is 10.1. The van der Waals surface area contributed by atoms with E-state index in [1.165, 1.54) is 6.92 Å². The molecule has 96 valence electrons. The van der Waals surface area contributed by atoms with E-state index < -0.39 is 5.97 Å². The quantitative estimate of drug-likeness (QED) is 0.785. The van der Waals surface area contributed by atoms with Crippen molar-refractivity contribution in [3.8, 4) is 0 Å². The fraction of sp³-hybridized carbons (Fsp3) is 0.308. The van der Waals surface area contributed by atoms with Crippen molar-refractivity contribution in [2.75, 3.05) is 13.2 Å². The SMILES string of the molecule is CC(=O)COC(=O)CNC(=O)c1ccc(C)cc1. The lowest BCUT2D eigenvalue weighted by Crippen LogP contribution is -2.31. The summed E-state index contributed by atoms with van der Waals surface area (Å²) < 4.78 is 4.61. The van der Waals surface area contributed by atoms with Gasteiger partial charge in [0.05, 0.1) is 0 Å². The van der Waals surface area contributed by atoms with Crippen molar-refractivity contribution >= 4 is 17.7 Å². The molecule has 0 bridgehead atoms. The van der Waals surface area contributed by atoms with Crippen LogP contribution in [0.3, 0.4) is 0 Å². The monoisotopic (exact) mass is 249 g/mol. The van der Waals surface area contributed by atoms with Crippen LogP contribution in [0.1, 0.15) is 22.8 Å². The highest BCUT2D eigenvalue weighted by atomic mass is 16.5. The van der Waals surface area contributed by atoms with E-state index in [-0.39, 0.29) is 24.8 Å². The molecule has 0 radical (unpaired) electrons. The van der Waals surface area contributed by atoms with Crippen LogP contribution in [-0.4, -0.2) is 30.8 Å². The lowest BCUT2D eigenvalue weighted by Gasteiger charge is -2.05. The summed E-state index contributed by atoms with van der Waals surface area (Å²) in [5, 5.41) is 2.42. The maximum Gasteiger partial charge on any atom is 0.325 e. The molecule has 5 heteroatoms. The Morgan fingerprint density at radius 3 is 2.33 bits per heavy atom. The number of ether oxygens (including phenoxy) is 1. The largest absolute Gasteiger partial charge is 0.456 e. The van der Waals surface area contributed by atoms with E-state index in [2.05, 4.69) is 10.1 Å². The first kappa shape index (κ1) is 13.9. The van der Waals surface area contributed by atoms with Gasteiger partial charge in [0.25, 0.3) is 5.91 Å². The molecule has 0 aliphatic carbocycles. The van der Waals surface area contributed by atoms with Crippen LogP contribution >= 0.6 is 0 Å². The van der Waals surface area contributed by atoms with Gasteiger partial charge in [0.2, 0.25) is 0 Å². The Labute approximate surface area is 105 Å². The zero-order valence-electron chi connectivity index (χ0n) is 10.4. The van der Waals surface area contributed by atoms with Crippen molar-refractivity contribution in [1.82, 2.24) is 5.32 Å². The van der Waals surface area contributed by atoms with Crippen molar-refractivity contribution in [1.29, 1.82) is 0 Å². The van der Waals surface area contributed by atoms with Gasteiger partial charge in [-0.2, -0.15) is 0 Å². The van der Waals surface area contributed by atoms with Gasteiger partial charge in [0.1, 0.15) is 13.2 Å². The van der Waals surface area contributed by atoms with Gasteiger partial charge in [-0.3, -0.25) is 14.4 Å². The fourth-order valence-electron chi connectivity index (χ4n) is 1.19. The Kier molecular flexibility index (Phi) is 5.05. The van der Waals surface area contributed by atoms with Gasteiger partial charge in [0.15, 0.2) is 5.78 Å². The number of aryl methyl sites for hydroxylation is 1. The van der Waals surface area contributed by atoms with Crippen molar-refractivity contribution in [2.24, 2.45) is 0 Å². The lowest BCUT2D eigenvalue weighted by molar-refractivity contribution is -0.146. The molecule has 0 spiro atoms. The predicted octanol–water partition coefficient (Wildman–Crippen LogP) is 0.857. The standard InChI is InChI=1S/C13H15NO4/c1-9-3-5-11(6-4-9)13(17)14-7-12(16)18-8-10(2)15/h3-6H,7-8H2,1-2H3,(H,14,17). The maximum absolute atomic E-state index is 11.6. The summed E-state index contributed by atoms with van der Waals surface area (Å²) in [6, 6.07) is 6.96. The Morgan fingerprint density at radius 2 is 1.78 bits per heavy atom. The molecule has 0 heterocycles. The second-order valence-electron chi connectivity index (χ2n) is 3.91. The molecule has 1 rings (SSSR count). The summed E-state index contributed by atoms with van der Waals surface area (Å²) in [4.78, 5) is 33.3. The Bertz CT molecular complexity index is 451. The summed E-state index contributed by atoms with van der Waals surface area (Å²) in [5.41, 5.74) is 1.52. The van der Waals surface area contributed by atoms with E-state index in [4.69, 9.17) is 0 Å². The fourth-order valence-corrected chi connectivity index (χ4v) is 1.19. The van der Waals surface area contributed by atoms with E-state index in [0.717, 1.165) is 5.56 Å². The molecular formula is C13H15NO4. The number of Topliss-reactive ketones (excluding diaryl/α,β-unsaturated/α-hetero) is 1. The maximum atomic E-state index is 11.6. The van der Waals surface area contributed by atoms with Crippen molar-refractivity contribution in [3.63, 3.8) is 0 Å². The van der Waals surface area contributed by atoms with Crippen LogP contribution in [0.15, 0.2) is 24.3 Å². The molecule has 0 aliphatic heterocycles. The number of rotatable bonds is 5. The van der Waals surface area contributed by atoms with Crippen molar-refractivity contribution in [2.45, 2.75) is 13.8 Å². The number of nitrogens with one attached hydrogen (secondary N) is 1. The molecule has 0 unspecified atom stereocenters. The third-order valence-corrected chi connectivity index (χ3v) is 2.14. The average Bonchev–Trinajstić information content (AvgIpc) is 2.34. The van der Waals surface area contributed by atoms with Crippen LogP contribution in [0.4, 0.5) is 0 Å². The van der Waals surface area contributed by atoms with E-state index in [1.807, 2.05) is 19.1 Å². The number of esters is 1. The van der Waals surface area contributed by atoms with Gasteiger partial charge in [-0.25, -0.2) is 0 Å². The van der Waals surface area contributed by atoms with Gasteiger partial charge in [-0.15, -0.1) is 0 Å².